The van der Waals surface area contributed by atoms with Crippen molar-refractivity contribution >= 4 is 17.5 Å². The van der Waals surface area contributed by atoms with Crippen molar-refractivity contribution < 1.29 is 19.4 Å². The molecule has 0 unspecified atom stereocenters. The molecule has 0 aromatic rings. The number of ketones is 1. The fraction of sp³-hybridized carbons (Fsp3) is 0.750. The Morgan fingerprint density at radius 3 is 2.44 bits per heavy atom. The van der Waals surface area contributed by atoms with Crippen molar-refractivity contribution in [3.8, 4) is 0 Å². The molecule has 0 aromatic carbocycles. The molecule has 0 spiro atoms. The van der Waals surface area contributed by atoms with Gasteiger partial charge in [-0.15, -0.1) is 0 Å². The first-order valence-electron chi connectivity index (χ1n) is 9.36. The van der Waals surface area contributed by atoms with Gasteiger partial charge in [0.15, 0.2) is 5.78 Å². The Bertz CT molecular complexity index is 532. The Labute approximate surface area is 151 Å². The van der Waals surface area contributed by atoms with E-state index < -0.39 is 0 Å². The number of methoxy groups -OCH3 is 1. The summed E-state index contributed by atoms with van der Waals surface area (Å²) in [5.74, 6) is -0.307. The zero-order valence-corrected chi connectivity index (χ0v) is 16.2. The molecule has 0 radical (unpaired) electrons. The van der Waals surface area contributed by atoms with Gasteiger partial charge in [0.25, 0.3) is 0 Å². The minimum Gasteiger partial charge on any atom is -0.511 e. The quantitative estimate of drug-likeness (QED) is 0.356. The molecule has 0 heterocycles. The van der Waals surface area contributed by atoms with Crippen molar-refractivity contribution in [1.82, 2.24) is 0 Å². The first-order chi connectivity index (χ1) is 11.8. The van der Waals surface area contributed by atoms with Crippen molar-refractivity contribution in [3.05, 3.63) is 11.3 Å². The molecule has 5 nitrogen and oxygen atoms in total. The van der Waals surface area contributed by atoms with Gasteiger partial charge in [0.2, 0.25) is 0 Å². The lowest BCUT2D eigenvalue weighted by molar-refractivity contribution is -0.140. The summed E-state index contributed by atoms with van der Waals surface area (Å²) >= 11 is 0. The number of rotatable bonds is 10. The normalized spacial score (nSPS) is 17.8. The van der Waals surface area contributed by atoms with Crippen LogP contribution >= 0.6 is 0 Å². The van der Waals surface area contributed by atoms with E-state index >= 15 is 0 Å². The highest BCUT2D eigenvalue weighted by Crippen LogP contribution is 2.36. The summed E-state index contributed by atoms with van der Waals surface area (Å²) < 4.78 is 4.69. The number of Topliss-reactive ketones (excluding diaryl/α,β-unsaturated/α-hetero) is 1. The van der Waals surface area contributed by atoms with Gasteiger partial charge in [0.1, 0.15) is 5.76 Å². The number of unbranched alkanes of at least 4 members (excludes halogenated alkanes) is 4. The molecular weight excluding hydrogens is 318 g/mol. The predicted molar refractivity (Wildman–Crippen MR) is 100.0 cm³/mol. The predicted octanol–water partition coefficient (Wildman–Crippen LogP) is 4.55. The molecule has 0 fully saturated rings. The van der Waals surface area contributed by atoms with Gasteiger partial charge in [0.05, 0.1) is 19.1 Å². The Hall–Kier alpha value is -1.65. The number of aliphatic imine (C=N–C) groups is 1. The van der Waals surface area contributed by atoms with E-state index in [0.29, 0.717) is 37.1 Å². The standard InChI is InChI=1S/C20H33NO4/c1-5-6-7-8-9-12-21-15(10-11-18(24)25-4)19-16(22)13-20(2,3)14-17(19)23/h22H,5-14H2,1-4H3. The van der Waals surface area contributed by atoms with Crippen LogP contribution in [0.2, 0.25) is 0 Å². The molecule has 0 amide bonds. The molecule has 0 aliphatic heterocycles. The molecule has 142 valence electrons. The highest BCUT2D eigenvalue weighted by atomic mass is 16.5. The summed E-state index contributed by atoms with van der Waals surface area (Å²) in [6, 6.07) is 0. The van der Waals surface area contributed by atoms with Crippen LogP contribution in [0.3, 0.4) is 0 Å². The Balaban J connectivity index is 2.86. The number of carbonyl (C=O) groups is 2. The highest BCUT2D eigenvalue weighted by molar-refractivity contribution is 6.23. The first-order valence-corrected chi connectivity index (χ1v) is 9.36. The van der Waals surface area contributed by atoms with Gasteiger partial charge in [0, 0.05) is 31.5 Å². The fourth-order valence-electron chi connectivity index (χ4n) is 3.15. The van der Waals surface area contributed by atoms with Crippen molar-refractivity contribution in [2.45, 2.75) is 78.6 Å². The van der Waals surface area contributed by atoms with E-state index in [1.54, 1.807) is 0 Å². The van der Waals surface area contributed by atoms with Crippen molar-refractivity contribution in [3.63, 3.8) is 0 Å². The van der Waals surface area contributed by atoms with Crippen LogP contribution < -0.4 is 0 Å². The van der Waals surface area contributed by atoms with Crippen LogP contribution in [-0.2, 0) is 14.3 Å². The zero-order chi connectivity index (χ0) is 18.9. The second kappa shape index (κ2) is 10.4. The summed E-state index contributed by atoms with van der Waals surface area (Å²) in [6.45, 7) is 6.73. The summed E-state index contributed by atoms with van der Waals surface area (Å²) in [4.78, 5) is 28.6. The second-order valence-corrected chi connectivity index (χ2v) is 7.58. The maximum atomic E-state index is 12.5. The molecule has 1 N–H and O–H groups in total. The van der Waals surface area contributed by atoms with Gasteiger partial charge >= 0.3 is 5.97 Å². The molecule has 0 saturated carbocycles. The highest BCUT2D eigenvalue weighted by Gasteiger charge is 2.35. The number of nitrogens with zero attached hydrogens (tertiary/aromatic N) is 1. The largest absolute Gasteiger partial charge is 0.511 e. The molecule has 0 bridgehead atoms. The van der Waals surface area contributed by atoms with Gasteiger partial charge in [-0.25, -0.2) is 0 Å². The minimum absolute atomic E-state index is 0.0802. The van der Waals surface area contributed by atoms with Crippen LogP contribution in [0.25, 0.3) is 0 Å². The zero-order valence-electron chi connectivity index (χ0n) is 16.2. The average molecular weight is 351 g/mol. The van der Waals surface area contributed by atoms with E-state index in [-0.39, 0.29) is 29.3 Å². The summed E-state index contributed by atoms with van der Waals surface area (Å²) in [5.41, 5.74) is 0.647. The Morgan fingerprint density at radius 2 is 1.84 bits per heavy atom. The third-order valence-corrected chi connectivity index (χ3v) is 4.50. The number of hydrogen-bond donors (Lipinski definition) is 1. The average Bonchev–Trinajstić information content (AvgIpc) is 2.52. The van der Waals surface area contributed by atoms with Crippen molar-refractivity contribution in [1.29, 1.82) is 0 Å². The molecule has 1 aliphatic rings. The lowest BCUT2D eigenvalue weighted by Crippen LogP contribution is -2.29. The van der Waals surface area contributed by atoms with Gasteiger partial charge in [-0.1, -0.05) is 46.5 Å². The van der Waals surface area contributed by atoms with Crippen LogP contribution in [0, 0.1) is 5.41 Å². The molecule has 0 saturated heterocycles. The van der Waals surface area contributed by atoms with E-state index in [0.717, 1.165) is 12.8 Å². The van der Waals surface area contributed by atoms with Gasteiger partial charge in [-0.2, -0.15) is 0 Å². The molecule has 0 aromatic heterocycles. The monoisotopic (exact) mass is 351 g/mol. The maximum Gasteiger partial charge on any atom is 0.305 e. The van der Waals surface area contributed by atoms with E-state index in [1.807, 2.05) is 13.8 Å². The van der Waals surface area contributed by atoms with Crippen LogP contribution in [0.5, 0.6) is 0 Å². The smallest absolute Gasteiger partial charge is 0.305 e. The molecule has 1 rings (SSSR count). The molecule has 1 aliphatic carbocycles. The lowest BCUT2D eigenvalue weighted by Gasteiger charge is -2.30. The Kier molecular flexibility index (Phi) is 8.87. The Morgan fingerprint density at radius 1 is 1.16 bits per heavy atom. The number of hydrogen-bond acceptors (Lipinski definition) is 5. The van der Waals surface area contributed by atoms with Gasteiger partial charge < -0.3 is 9.84 Å². The van der Waals surface area contributed by atoms with Crippen LogP contribution in [0.15, 0.2) is 16.3 Å². The van der Waals surface area contributed by atoms with Gasteiger partial charge in [-0.3, -0.25) is 14.6 Å². The number of allylic oxidation sites excluding steroid dienone is 2. The number of ether oxygens (including phenoxy) is 1. The van der Waals surface area contributed by atoms with Crippen LogP contribution in [-0.4, -0.2) is 36.2 Å². The molecule has 25 heavy (non-hydrogen) atoms. The lowest BCUT2D eigenvalue weighted by atomic mass is 9.75. The maximum absolute atomic E-state index is 12.5. The van der Waals surface area contributed by atoms with Crippen LogP contribution in [0.1, 0.15) is 78.6 Å². The third-order valence-electron chi connectivity index (χ3n) is 4.50. The van der Waals surface area contributed by atoms with E-state index in [1.165, 1.54) is 26.4 Å². The fourth-order valence-corrected chi connectivity index (χ4v) is 3.15. The summed E-state index contributed by atoms with van der Waals surface area (Å²) in [5, 5.41) is 10.4. The SMILES string of the molecule is CCCCCCCN=C(CCC(=O)OC)C1=C(O)CC(C)(C)CC1=O. The molecule has 0 atom stereocenters. The molecular formula is C20H33NO4. The van der Waals surface area contributed by atoms with Crippen molar-refractivity contribution in [2.24, 2.45) is 10.4 Å². The van der Waals surface area contributed by atoms with E-state index in [2.05, 4.69) is 16.7 Å². The van der Waals surface area contributed by atoms with Gasteiger partial charge in [-0.05, 0) is 11.8 Å². The topological polar surface area (TPSA) is 76.0 Å². The minimum atomic E-state index is -0.334. The summed E-state index contributed by atoms with van der Waals surface area (Å²) in [7, 11) is 1.35. The third kappa shape index (κ3) is 7.41. The first kappa shape index (κ1) is 21.4. The number of aliphatic hydroxyl groups excluding tert-OH is 1. The number of esters is 1. The van der Waals surface area contributed by atoms with Crippen molar-refractivity contribution in [2.75, 3.05) is 13.7 Å². The summed E-state index contributed by atoms with van der Waals surface area (Å²) in [6.07, 6.45) is 7.00. The van der Waals surface area contributed by atoms with Crippen LogP contribution in [0.4, 0.5) is 0 Å². The van der Waals surface area contributed by atoms with E-state index in [9.17, 15) is 14.7 Å². The van der Waals surface area contributed by atoms with E-state index in [4.69, 9.17) is 0 Å². The second-order valence-electron chi connectivity index (χ2n) is 7.58. The number of carbonyl (C=O) groups excluding carboxylic acids is 2. The number of aliphatic hydroxyl groups is 1. The molecule has 5 heteroatoms.